The molecule has 20 heavy (non-hydrogen) atoms. The summed E-state index contributed by atoms with van der Waals surface area (Å²) in [5.74, 6) is 0.644. The topological polar surface area (TPSA) is 54.5 Å². The molecule has 3 rings (SSSR count). The van der Waals surface area contributed by atoms with E-state index >= 15 is 0 Å². The number of nitrogens with zero attached hydrogens (tertiary/aromatic N) is 2. The molecular weight excluding hydrogens is 254 g/mol. The van der Waals surface area contributed by atoms with Gasteiger partial charge >= 0.3 is 0 Å². The molecule has 2 unspecified atom stereocenters. The molecule has 0 bridgehead atoms. The molecule has 1 amide bonds. The van der Waals surface area contributed by atoms with E-state index in [1.54, 1.807) is 19.4 Å². The van der Waals surface area contributed by atoms with Gasteiger partial charge in [-0.3, -0.25) is 9.69 Å². The first kappa shape index (κ1) is 13.4. The average Bonchev–Trinajstić information content (AvgIpc) is 2.92. The highest BCUT2D eigenvalue weighted by molar-refractivity contribution is 5.94. The normalized spacial score (nSPS) is 26.1. The van der Waals surface area contributed by atoms with Gasteiger partial charge in [0.05, 0.1) is 13.0 Å². The lowest BCUT2D eigenvalue weighted by Gasteiger charge is -2.28. The summed E-state index contributed by atoms with van der Waals surface area (Å²) in [6.07, 6.45) is 6.44. The zero-order chi connectivity index (χ0) is 13.9. The Kier molecular flexibility index (Phi) is 3.87. The number of nitrogens with one attached hydrogen (secondary N) is 1. The van der Waals surface area contributed by atoms with Crippen molar-refractivity contribution in [1.29, 1.82) is 0 Å². The van der Waals surface area contributed by atoms with E-state index in [0.717, 1.165) is 19.5 Å². The van der Waals surface area contributed by atoms with Gasteiger partial charge in [-0.1, -0.05) is 6.42 Å². The van der Waals surface area contributed by atoms with E-state index in [0.29, 0.717) is 17.6 Å². The van der Waals surface area contributed by atoms with E-state index < -0.39 is 0 Å². The summed E-state index contributed by atoms with van der Waals surface area (Å²) in [6.45, 7) is 2.03. The minimum absolute atomic E-state index is 0.0861. The summed E-state index contributed by atoms with van der Waals surface area (Å²) < 4.78 is 5.17. The molecule has 3 heterocycles. The van der Waals surface area contributed by atoms with Crippen molar-refractivity contribution in [3.05, 3.63) is 18.3 Å². The Bertz CT molecular complexity index is 478. The number of hydrogen-bond acceptors (Lipinski definition) is 4. The monoisotopic (exact) mass is 275 g/mol. The van der Waals surface area contributed by atoms with Crippen LogP contribution in [0.1, 0.15) is 25.7 Å². The van der Waals surface area contributed by atoms with Gasteiger partial charge in [0.25, 0.3) is 0 Å². The largest absolute Gasteiger partial charge is 0.480 e. The lowest BCUT2D eigenvalue weighted by atomic mass is 9.99. The quantitative estimate of drug-likeness (QED) is 0.915. The predicted molar refractivity (Wildman–Crippen MR) is 76.7 cm³/mol. The molecule has 0 aliphatic carbocycles. The fourth-order valence-electron chi connectivity index (χ4n) is 3.33. The van der Waals surface area contributed by atoms with Crippen LogP contribution in [0.5, 0.6) is 5.88 Å². The van der Waals surface area contributed by atoms with Crippen LogP contribution >= 0.6 is 0 Å². The number of carbonyl (C=O) groups is 1. The van der Waals surface area contributed by atoms with E-state index in [9.17, 15) is 4.79 Å². The molecule has 1 N–H and O–H groups in total. The Morgan fingerprint density at radius 2 is 2.40 bits per heavy atom. The zero-order valence-corrected chi connectivity index (χ0v) is 11.8. The summed E-state index contributed by atoms with van der Waals surface area (Å²) in [6, 6.07) is 4.23. The number of ether oxygens (including phenoxy) is 1. The molecule has 2 atom stereocenters. The predicted octanol–water partition coefficient (Wildman–Crippen LogP) is 1.90. The molecule has 1 aromatic heterocycles. The maximum Gasteiger partial charge on any atom is 0.237 e. The van der Waals surface area contributed by atoms with Gasteiger partial charge in [-0.25, -0.2) is 4.98 Å². The fraction of sp³-hybridized carbons (Fsp3) is 0.600. The third-order valence-electron chi connectivity index (χ3n) is 4.35. The van der Waals surface area contributed by atoms with Crippen molar-refractivity contribution in [2.24, 2.45) is 5.92 Å². The summed E-state index contributed by atoms with van der Waals surface area (Å²) in [7, 11) is 1.56. The molecule has 2 saturated heterocycles. The molecule has 2 aliphatic rings. The summed E-state index contributed by atoms with van der Waals surface area (Å²) in [5, 5.41) is 2.96. The highest BCUT2D eigenvalue weighted by Crippen LogP contribution is 2.31. The lowest BCUT2D eigenvalue weighted by molar-refractivity contribution is -0.119. The Morgan fingerprint density at radius 1 is 1.50 bits per heavy atom. The van der Waals surface area contributed by atoms with Crippen LogP contribution < -0.4 is 10.1 Å². The van der Waals surface area contributed by atoms with Crippen LogP contribution in [-0.2, 0) is 4.79 Å². The molecule has 5 nitrogen and oxygen atoms in total. The van der Waals surface area contributed by atoms with Gasteiger partial charge in [0.1, 0.15) is 5.69 Å². The van der Waals surface area contributed by atoms with Crippen molar-refractivity contribution in [1.82, 2.24) is 9.88 Å². The second-order valence-electron chi connectivity index (χ2n) is 5.63. The molecule has 0 aromatic carbocycles. The molecule has 2 aliphatic heterocycles. The van der Waals surface area contributed by atoms with Gasteiger partial charge in [-0.2, -0.15) is 0 Å². The maximum absolute atomic E-state index is 12.4. The van der Waals surface area contributed by atoms with Crippen LogP contribution in [0.3, 0.4) is 0 Å². The minimum atomic E-state index is 0.0861. The molecule has 5 heteroatoms. The van der Waals surface area contributed by atoms with Crippen LogP contribution in [-0.4, -0.2) is 42.0 Å². The van der Waals surface area contributed by atoms with Crippen molar-refractivity contribution in [2.75, 3.05) is 25.5 Å². The molecular formula is C15H21N3O2. The number of hydrogen-bond donors (Lipinski definition) is 1. The standard InChI is InChI=1S/C15H21N3O2/c1-20-15-13(6-4-7-16-15)17-14(19)11-9-12-5-2-3-8-18(12)10-11/h4,6-7,11-12H,2-3,5,8-10H2,1H3,(H,17,19). The number of anilines is 1. The number of rotatable bonds is 3. The summed E-state index contributed by atoms with van der Waals surface area (Å²) in [4.78, 5) is 19.0. The third kappa shape index (κ3) is 2.63. The van der Waals surface area contributed by atoms with Crippen LogP contribution in [0, 0.1) is 5.92 Å². The molecule has 2 fully saturated rings. The number of pyridine rings is 1. The van der Waals surface area contributed by atoms with Gasteiger partial charge in [-0.15, -0.1) is 0 Å². The van der Waals surface area contributed by atoms with E-state index in [4.69, 9.17) is 4.74 Å². The van der Waals surface area contributed by atoms with Crippen LogP contribution in [0.15, 0.2) is 18.3 Å². The summed E-state index contributed by atoms with van der Waals surface area (Å²) >= 11 is 0. The number of piperidine rings is 1. The van der Waals surface area contributed by atoms with Gasteiger partial charge in [-0.05, 0) is 37.9 Å². The molecule has 108 valence electrons. The van der Waals surface area contributed by atoms with Crippen LogP contribution in [0.25, 0.3) is 0 Å². The van der Waals surface area contributed by atoms with Gasteiger partial charge in [0.15, 0.2) is 0 Å². The Morgan fingerprint density at radius 3 is 3.20 bits per heavy atom. The first-order valence-corrected chi connectivity index (χ1v) is 7.32. The molecule has 0 saturated carbocycles. The SMILES string of the molecule is COc1ncccc1NC(=O)C1CC2CCCCN2C1. The highest BCUT2D eigenvalue weighted by Gasteiger charge is 2.37. The third-order valence-corrected chi connectivity index (χ3v) is 4.35. The Hall–Kier alpha value is -1.62. The van der Waals surface area contributed by atoms with Gasteiger partial charge in [0.2, 0.25) is 11.8 Å². The number of amides is 1. The smallest absolute Gasteiger partial charge is 0.237 e. The van der Waals surface area contributed by atoms with E-state index in [2.05, 4.69) is 15.2 Å². The van der Waals surface area contributed by atoms with Crippen LogP contribution in [0.2, 0.25) is 0 Å². The van der Waals surface area contributed by atoms with Gasteiger partial charge in [0, 0.05) is 18.8 Å². The Balaban J connectivity index is 1.65. The number of carbonyl (C=O) groups excluding carboxylic acids is 1. The second-order valence-corrected chi connectivity index (χ2v) is 5.63. The Labute approximate surface area is 119 Å². The summed E-state index contributed by atoms with van der Waals surface area (Å²) in [5.41, 5.74) is 0.657. The van der Waals surface area contributed by atoms with Crippen molar-refractivity contribution >= 4 is 11.6 Å². The maximum atomic E-state index is 12.4. The average molecular weight is 275 g/mol. The molecule has 0 radical (unpaired) electrons. The number of aromatic nitrogens is 1. The first-order chi connectivity index (χ1) is 9.78. The number of methoxy groups -OCH3 is 1. The van der Waals surface area contributed by atoms with Crippen LogP contribution in [0.4, 0.5) is 5.69 Å². The van der Waals surface area contributed by atoms with E-state index in [1.165, 1.54) is 19.3 Å². The van der Waals surface area contributed by atoms with Gasteiger partial charge < -0.3 is 10.1 Å². The zero-order valence-electron chi connectivity index (χ0n) is 11.8. The molecule has 1 aromatic rings. The van der Waals surface area contributed by atoms with E-state index in [-0.39, 0.29) is 11.8 Å². The van der Waals surface area contributed by atoms with Crippen molar-refractivity contribution in [3.63, 3.8) is 0 Å². The number of fused-ring (bicyclic) bond motifs is 1. The van der Waals surface area contributed by atoms with Crippen molar-refractivity contribution in [3.8, 4) is 5.88 Å². The minimum Gasteiger partial charge on any atom is -0.480 e. The molecule has 0 spiro atoms. The van der Waals surface area contributed by atoms with E-state index in [1.807, 2.05) is 6.07 Å². The fourth-order valence-corrected chi connectivity index (χ4v) is 3.33. The second kappa shape index (κ2) is 5.79. The highest BCUT2D eigenvalue weighted by atomic mass is 16.5. The van der Waals surface area contributed by atoms with Crippen molar-refractivity contribution < 1.29 is 9.53 Å². The lowest BCUT2D eigenvalue weighted by Crippen LogP contribution is -2.34. The first-order valence-electron chi connectivity index (χ1n) is 7.32. The van der Waals surface area contributed by atoms with Crippen molar-refractivity contribution in [2.45, 2.75) is 31.7 Å².